The van der Waals surface area contributed by atoms with Crippen LogP contribution in [0.2, 0.25) is 0 Å². The molecule has 0 amide bonds. The highest BCUT2D eigenvalue weighted by Crippen LogP contribution is 2.15. The summed E-state index contributed by atoms with van der Waals surface area (Å²) in [5.41, 5.74) is 1.93. The van der Waals surface area contributed by atoms with Gasteiger partial charge in [0.2, 0.25) is 20.0 Å². The molecule has 0 aliphatic carbocycles. The molecule has 0 saturated carbocycles. The Morgan fingerprint density at radius 1 is 0.800 bits per heavy atom. The van der Waals surface area contributed by atoms with Gasteiger partial charge in [-0.05, 0) is 38.1 Å². The first kappa shape index (κ1) is 19.6. The number of benzene rings is 2. The van der Waals surface area contributed by atoms with E-state index in [1.165, 1.54) is 31.3 Å². The number of aryl methyl sites for hydroxylation is 2. The second kappa shape index (κ2) is 7.65. The zero-order chi connectivity index (χ0) is 18.7. The maximum Gasteiger partial charge on any atom is 0.242 e. The van der Waals surface area contributed by atoms with Crippen LogP contribution in [0, 0.1) is 13.8 Å². The lowest BCUT2D eigenvalue weighted by molar-refractivity contribution is 0.469. The zero-order valence-corrected chi connectivity index (χ0v) is 16.1. The predicted molar refractivity (Wildman–Crippen MR) is 97.4 cm³/mol. The van der Waals surface area contributed by atoms with Crippen molar-refractivity contribution in [3.63, 3.8) is 0 Å². The highest BCUT2D eigenvalue weighted by atomic mass is 32.2. The number of nitrogens with zero attached hydrogens (tertiary/aromatic N) is 1. The maximum atomic E-state index is 12.5. The summed E-state index contributed by atoms with van der Waals surface area (Å²) in [7, 11) is -5.88. The molecule has 0 aromatic heterocycles. The van der Waals surface area contributed by atoms with Crippen LogP contribution in [0.4, 0.5) is 0 Å². The van der Waals surface area contributed by atoms with E-state index in [0.29, 0.717) is 0 Å². The Morgan fingerprint density at radius 2 is 1.24 bits per heavy atom. The lowest BCUT2D eigenvalue weighted by Gasteiger charge is -2.17. The van der Waals surface area contributed by atoms with E-state index in [9.17, 15) is 16.8 Å². The van der Waals surface area contributed by atoms with E-state index in [2.05, 4.69) is 4.72 Å². The molecule has 2 aromatic rings. The van der Waals surface area contributed by atoms with E-state index in [4.69, 9.17) is 0 Å². The van der Waals surface area contributed by atoms with E-state index < -0.39 is 20.0 Å². The van der Waals surface area contributed by atoms with Crippen LogP contribution in [-0.2, 0) is 20.0 Å². The number of nitrogens with one attached hydrogen (secondary N) is 1. The number of rotatable bonds is 7. The third-order valence-corrected chi connectivity index (χ3v) is 7.13. The van der Waals surface area contributed by atoms with Crippen molar-refractivity contribution >= 4 is 20.0 Å². The van der Waals surface area contributed by atoms with Gasteiger partial charge in [0.05, 0.1) is 9.79 Å². The smallest absolute Gasteiger partial charge is 0.210 e. The molecule has 1 N–H and O–H groups in total. The van der Waals surface area contributed by atoms with E-state index in [1.807, 2.05) is 13.8 Å². The third kappa shape index (κ3) is 4.88. The topological polar surface area (TPSA) is 83.6 Å². The van der Waals surface area contributed by atoms with Crippen molar-refractivity contribution < 1.29 is 16.8 Å². The molecule has 25 heavy (non-hydrogen) atoms. The molecule has 0 unspecified atom stereocenters. The van der Waals surface area contributed by atoms with Crippen LogP contribution in [0.3, 0.4) is 0 Å². The minimum absolute atomic E-state index is 0.0161. The summed E-state index contributed by atoms with van der Waals surface area (Å²) in [6.07, 6.45) is 0. The molecule has 0 atom stereocenters. The molecule has 0 bridgehead atoms. The van der Waals surface area contributed by atoms with Crippen LogP contribution in [0.1, 0.15) is 11.1 Å². The first-order chi connectivity index (χ1) is 11.6. The number of hydrogen-bond donors (Lipinski definition) is 1. The Morgan fingerprint density at radius 3 is 1.72 bits per heavy atom. The molecular formula is C17H22N2O4S2. The molecule has 2 rings (SSSR count). The van der Waals surface area contributed by atoms with E-state index in [1.54, 1.807) is 24.3 Å². The van der Waals surface area contributed by atoms with Crippen molar-refractivity contribution in [2.75, 3.05) is 20.1 Å². The van der Waals surface area contributed by atoms with Crippen LogP contribution in [0.25, 0.3) is 0 Å². The summed E-state index contributed by atoms with van der Waals surface area (Å²) in [6.45, 7) is 3.76. The van der Waals surface area contributed by atoms with Crippen molar-refractivity contribution in [1.29, 1.82) is 0 Å². The van der Waals surface area contributed by atoms with Gasteiger partial charge in [0.15, 0.2) is 0 Å². The molecule has 2 aromatic carbocycles. The molecule has 0 radical (unpaired) electrons. The summed E-state index contributed by atoms with van der Waals surface area (Å²) >= 11 is 0. The Hall–Kier alpha value is -1.74. The normalized spacial score (nSPS) is 12.5. The van der Waals surface area contributed by atoms with Crippen LogP contribution in [0.5, 0.6) is 0 Å². The maximum absolute atomic E-state index is 12.5. The van der Waals surface area contributed by atoms with Crippen molar-refractivity contribution in [2.45, 2.75) is 23.6 Å². The first-order valence-corrected chi connectivity index (χ1v) is 10.6. The highest BCUT2D eigenvalue weighted by Gasteiger charge is 2.21. The van der Waals surface area contributed by atoms with Crippen LogP contribution in [0.15, 0.2) is 58.3 Å². The van der Waals surface area contributed by atoms with Crippen LogP contribution >= 0.6 is 0 Å². The fourth-order valence-corrected chi connectivity index (χ4v) is 4.34. The molecule has 0 aliphatic heterocycles. The number of likely N-dealkylation sites (N-methyl/N-ethyl adjacent to an activating group) is 1. The Kier molecular flexibility index (Phi) is 5.99. The number of sulfonamides is 2. The molecule has 8 heteroatoms. The average molecular weight is 383 g/mol. The van der Waals surface area contributed by atoms with Gasteiger partial charge in [-0.2, -0.15) is 4.31 Å². The molecule has 0 aliphatic rings. The minimum atomic E-state index is -3.66. The van der Waals surface area contributed by atoms with Gasteiger partial charge in [-0.15, -0.1) is 0 Å². The Labute approximate surface area is 149 Å². The van der Waals surface area contributed by atoms with Crippen LogP contribution < -0.4 is 4.72 Å². The van der Waals surface area contributed by atoms with Gasteiger partial charge >= 0.3 is 0 Å². The summed E-state index contributed by atoms with van der Waals surface area (Å²) in [5.74, 6) is 0. The van der Waals surface area contributed by atoms with Crippen LogP contribution in [-0.4, -0.2) is 41.3 Å². The molecule has 0 saturated heterocycles. The van der Waals surface area contributed by atoms with Gasteiger partial charge in [0, 0.05) is 20.1 Å². The van der Waals surface area contributed by atoms with Crippen molar-refractivity contribution in [1.82, 2.24) is 9.03 Å². The zero-order valence-electron chi connectivity index (χ0n) is 14.4. The summed E-state index contributed by atoms with van der Waals surface area (Å²) < 4.78 is 52.9. The van der Waals surface area contributed by atoms with Gasteiger partial charge in [-0.3, -0.25) is 0 Å². The lowest BCUT2D eigenvalue weighted by atomic mass is 10.2. The van der Waals surface area contributed by atoms with Gasteiger partial charge in [-0.25, -0.2) is 21.6 Å². The second-order valence-electron chi connectivity index (χ2n) is 5.85. The van der Waals surface area contributed by atoms with Gasteiger partial charge in [0.1, 0.15) is 0 Å². The standard InChI is InChI=1S/C17H22N2O4S2/c1-14-4-8-16(9-5-14)24(20,21)18-12-13-19(3)25(22,23)17-10-6-15(2)7-11-17/h4-11,18H,12-13H2,1-3H3. The third-order valence-electron chi connectivity index (χ3n) is 3.78. The van der Waals surface area contributed by atoms with Crippen molar-refractivity contribution in [3.05, 3.63) is 59.7 Å². The number of hydrogen-bond acceptors (Lipinski definition) is 4. The summed E-state index contributed by atoms with van der Waals surface area (Å²) in [4.78, 5) is 0.337. The minimum Gasteiger partial charge on any atom is -0.210 e. The van der Waals surface area contributed by atoms with E-state index >= 15 is 0 Å². The summed E-state index contributed by atoms with van der Waals surface area (Å²) in [5, 5.41) is 0. The quantitative estimate of drug-likeness (QED) is 0.793. The van der Waals surface area contributed by atoms with Crippen molar-refractivity contribution in [2.24, 2.45) is 0 Å². The highest BCUT2D eigenvalue weighted by molar-refractivity contribution is 7.89. The average Bonchev–Trinajstić information content (AvgIpc) is 2.55. The second-order valence-corrected chi connectivity index (χ2v) is 9.66. The fraction of sp³-hybridized carbons (Fsp3) is 0.294. The molecule has 6 nitrogen and oxygen atoms in total. The Bertz CT molecular complexity index is 920. The van der Waals surface area contributed by atoms with Gasteiger partial charge < -0.3 is 0 Å². The molecule has 0 fully saturated rings. The van der Waals surface area contributed by atoms with Gasteiger partial charge in [-0.1, -0.05) is 35.4 Å². The van der Waals surface area contributed by atoms with Gasteiger partial charge in [0.25, 0.3) is 0 Å². The summed E-state index contributed by atoms with van der Waals surface area (Å²) in [6, 6.07) is 13.0. The predicted octanol–water partition coefficient (Wildman–Crippen LogP) is 1.90. The largest absolute Gasteiger partial charge is 0.242 e. The molecule has 0 heterocycles. The van der Waals surface area contributed by atoms with E-state index in [-0.39, 0.29) is 22.9 Å². The van der Waals surface area contributed by atoms with E-state index in [0.717, 1.165) is 15.4 Å². The molecule has 136 valence electrons. The Balaban J connectivity index is 2.00. The van der Waals surface area contributed by atoms with Crippen molar-refractivity contribution in [3.8, 4) is 0 Å². The molecule has 0 spiro atoms. The SMILES string of the molecule is Cc1ccc(S(=O)(=O)NCCN(C)S(=O)(=O)c2ccc(C)cc2)cc1. The first-order valence-electron chi connectivity index (χ1n) is 7.72. The monoisotopic (exact) mass is 382 g/mol. The lowest BCUT2D eigenvalue weighted by Crippen LogP contribution is -2.36. The molecular weight excluding hydrogens is 360 g/mol. The fourth-order valence-electron chi connectivity index (χ4n) is 2.15.